The molecular formula is C22H27IN4O2. The van der Waals surface area contributed by atoms with Crippen LogP contribution < -0.4 is 15.4 Å². The van der Waals surface area contributed by atoms with Gasteiger partial charge in [-0.05, 0) is 32.0 Å². The molecule has 7 heteroatoms. The lowest BCUT2D eigenvalue weighted by atomic mass is 10.1. The summed E-state index contributed by atoms with van der Waals surface area (Å²) in [6.07, 6.45) is 1.67. The van der Waals surface area contributed by atoms with Crippen molar-refractivity contribution in [2.24, 2.45) is 4.99 Å². The van der Waals surface area contributed by atoms with E-state index in [9.17, 15) is 0 Å². The van der Waals surface area contributed by atoms with E-state index in [0.717, 1.165) is 22.6 Å². The molecule has 6 nitrogen and oxygen atoms in total. The standard InChI is InChI=1S/C22H26N4O2.HI/c1-4-27-20-8-6-5-7-18(20)13-24-22(23-3)25-14-19-15-28-21(26-19)17-11-9-16(2)10-12-17;/h5-12,15H,4,13-14H2,1-3H3,(H2,23,24,25);1H. The summed E-state index contributed by atoms with van der Waals surface area (Å²) in [5.74, 6) is 2.18. The number of benzene rings is 2. The van der Waals surface area contributed by atoms with Gasteiger partial charge in [0, 0.05) is 24.7 Å². The molecule has 0 saturated carbocycles. The van der Waals surface area contributed by atoms with Gasteiger partial charge >= 0.3 is 0 Å². The van der Waals surface area contributed by atoms with Crippen LogP contribution in [0, 0.1) is 6.92 Å². The Labute approximate surface area is 188 Å². The molecule has 0 aliphatic rings. The van der Waals surface area contributed by atoms with Gasteiger partial charge in [0.15, 0.2) is 5.96 Å². The number of aryl methyl sites for hydroxylation is 1. The Morgan fingerprint density at radius 2 is 1.79 bits per heavy atom. The minimum absolute atomic E-state index is 0. The third-order valence-corrected chi connectivity index (χ3v) is 4.23. The number of ether oxygens (including phenoxy) is 1. The fraction of sp³-hybridized carbons (Fsp3) is 0.273. The van der Waals surface area contributed by atoms with Crippen molar-refractivity contribution in [1.82, 2.24) is 15.6 Å². The largest absolute Gasteiger partial charge is 0.494 e. The van der Waals surface area contributed by atoms with E-state index in [1.165, 1.54) is 5.56 Å². The van der Waals surface area contributed by atoms with Crippen molar-refractivity contribution >= 4 is 29.9 Å². The summed E-state index contributed by atoms with van der Waals surface area (Å²) in [5.41, 5.74) is 4.06. The normalized spacial score (nSPS) is 10.9. The summed E-state index contributed by atoms with van der Waals surface area (Å²) in [6, 6.07) is 16.1. The molecule has 0 fully saturated rings. The van der Waals surface area contributed by atoms with Gasteiger partial charge in [-0.1, -0.05) is 35.9 Å². The lowest BCUT2D eigenvalue weighted by molar-refractivity contribution is 0.336. The van der Waals surface area contributed by atoms with Crippen LogP contribution in [0.1, 0.15) is 23.7 Å². The van der Waals surface area contributed by atoms with Gasteiger partial charge in [0.1, 0.15) is 12.0 Å². The molecule has 0 aliphatic carbocycles. The van der Waals surface area contributed by atoms with Crippen LogP contribution >= 0.6 is 24.0 Å². The Bertz CT molecular complexity index is 923. The van der Waals surface area contributed by atoms with E-state index in [1.54, 1.807) is 13.3 Å². The van der Waals surface area contributed by atoms with E-state index in [0.29, 0.717) is 31.5 Å². The first-order valence-corrected chi connectivity index (χ1v) is 9.36. The summed E-state index contributed by atoms with van der Waals surface area (Å²) in [7, 11) is 1.74. The van der Waals surface area contributed by atoms with Crippen LogP contribution in [0.25, 0.3) is 11.5 Å². The molecule has 3 aromatic rings. The van der Waals surface area contributed by atoms with E-state index in [2.05, 4.69) is 27.5 Å². The Morgan fingerprint density at radius 1 is 1.07 bits per heavy atom. The number of aromatic nitrogens is 1. The average molecular weight is 506 g/mol. The second-order valence-electron chi connectivity index (χ2n) is 6.33. The van der Waals surface area contributed by atoms with Crippen molar-refractivity contribution in [2.75, 3.05) is 13.7 Å². The molecule has 2 aromatic carbocycles. The predicted octanol–water partition coefficient (Wildman–Crippen LogP) is 4.53. The first kappa shape index (κ1) is 22.7. The van der Waals surface area contributed by atoms with Crippen molar-refractivity contribution in [1.29, 1.82) is 0 Å². The number of nitrogens with zero attached hydrogens (tertiary/aromatic N) is 2. The Balaban J connectivity index is 0.00000300. The van der Waals surface area contributed by atoms with Crippen LogP contribution in [0.3, 0.4) is 0 Å². The van der Waals surface area contributed by atoms with Gasteiger partial charge in [-0.25, -0.2) is 4.98 Å². The monoisotopic (exact) mass is 506 g/mol. The van der Waals surface area contributed by atoms with E-state index in [-0.39, 0.29) is 24.0 Å². The molecule has 0 bridgehead atoms. The highest BCUT2D eigenvalue weighted by Gasteiger charge is 2.08. The quantitative estimate of drug-likeness (QED) is 0.280. The molecule has 1 heterocycles. The van der Waals surface area contributed by atoms with Crippen LogP contribution in [0.2, 0.25) is 0 Å². The number of nitrogens with one attached hydrogen (secondary N) is 2. The zero-order chi connectivity index (χ0) is 19.8. The number of hydrogen-bond acceptors (Lipinski definition) is 4. The van der Waals surface area contributed by atoms with Gasteiger partial charge in [-0.3, -0.25) is 4.99 Å². The fourth-order valence-corrected chi connectivity index (χ4v) is 2.74. The minimum Gasteiger partial charge on any atom is -0.494 e. The number of oxazole rings is 1. The van der Waals surface area contributed by atoms with Crippen LogP contribution in [-0.2, 0) is 13.1 Å². The van der Waals surface area contributed by atoms with E-state index < -0.39 is 0 Å². The molecule has 3 rings (SSSR count). The Kier molecular flexibility index (Phi) is 8.98. The lowest BCUT2D eigenvalue weighted by Crippen LogP contribution is -2.36. The molecule has 0 radical (unpaired) electrons. The molecule has 29 heavy (non-hydrogen) atoms. The SMILES string of the molecule is CCOc1ccccc1CNC(=NC)NCc1coc(-c2ccc(C)cc2)n1.I. The maximum atomic E-state index is 5.66. The number of guanidine groups is 1. The average Bonchev–Trinajstić information content (AvgIpc) is 3.19. The van der Waals surface area contributed by atoms with Crippen molar-refractivity contribution in [3.63, 3.8) is 0 Å². The summed E-state index contributed by atoms with van der Waals surface area (Å²) in [4.78, 5) is 8.80. The minimum atomic E-state index is 0. The molecule has 0 saturated heterocycles. The zero-order valence-corrected chi connectivity index (χ0v) is 19.3. The Morgan fingerprint density at radius 3 is 2.52 bits per heavy atom. The molecule has 0 unspecified atom stereocenters. The van der Waals surface area contributed by atoms with Gasteiger partial charge in [0.25, 0.3) is 0 Å². The molecule has 0 spiro atoms. The highest BCUT2D eigenvalue weighted by molar-refractivity contribution is 14.0. The molecule has 1 aromatic heterocycles. The summed E-state index contributed by atoms with van der Waals surface area (Å²) < 4.78 is 11.3. The summed E-state index contributed by atoms with van der Waals surface area (Å²) in [6.45, 7) is 5.80. The van der Waals surface area contributed by atoms with Crippen molar-refractivity contribution in [3.05, 3.63) is 71.6 Å². The highest BCUT2D eigenvalue weighted by atomic mass is 127. The first-order valence-electron chi connectivity index (χ1n) is 9.36. The second kappa shape index (κ2) is 11.5. The summed E-state index contributed by atoms with van der Waals surface area (Å²) >= 11 is 0. The number of para-hydroxylation sites is 1. The maximum Gasteiger partial charge on any atom is 0.226 e. The second-order valence-corrected chi connectivity index (χ2v) is 6.33. The van der Waals surface area contributed by atoms with E-state index >= 15 is 0 Å². The topological polar surface area (TPSA) is 71.7 Å². The zero-order valence-electron chi connectivity index (χ0n) is 16.9. The van der Waals surface area contributed by atoms with Gasteiger partial charge < -0.3 is 19.8 Å². The molecule has 0 aliphatic heterocycles. The number of rotatable bonds is 7. The number of aliphatic imine (C=N–C) groups is 1. The van der Waals surface area contributed by atoms with Crippen molar-refractivity contribution in [3.8, 4) is 17.2 Å². The predicted molar refractivity (Wildman–Crippen MR) is 127 cm³/mol. The van der Waals surface area contributed by atoms with Crippen LogP contribution in [0.15, 0.2) is 64.2 Å². The molecular weight excluding hydrogens is 479 g/mol. The first-order chi connectivity index (χ1) is 13.7. The third-order valence-electron chi connectivity index (χ3n) is 4.23. The van der Waals surface area contributed by atoms with Crippen LogP contribution in [0.4, 0.5) is 0 Å². The van der Waals surface area contributed by atoms with Crippen LogP contribution in [-0.4, -0.2) is 24.6 Å². The molecule has 0 atom stereocenters. The van der Waals surface area contributed by atoms with Gasteiger partial charge in [0.2, 0.25) is 5.89 Å². The highest BCUT2D eigenvalue weighted by Crippen LogP contribution is 2.19. The smallest absolute Gasteiger partial charge is 0.226 e. The Hall–Kier alpha value is -2.55. The lowest BCUT2D eigenvalue weighted by Gasteiger charge is -2.13. The van der Waals surface area contributed by atoms with E-state index in [4.69, 9.17) is 9.15 Å². The number of hydrogen-bond donors (Lipinski definition) is 2. The molecule has 2 N–H and O–H groups in total. The van der Waals surface area contributed by atoms with Crippen molar-refractivity contribution < 1.29 is 9.15 Å². The van der Waals surface area contributed by atoms with Gasteiger partial charge in [-0.15, -0.1) is 24.0 Å². The third kappa shape index (κ3) is 6.49. The van der Waals surface area contributed by atoms with Crippen LogP contribution in [0.5, 0.6) is 5.75 Å². The summed E-state index contributed by atoms with van der Waals surface area (Å²) in [5, 5.41) is 6.56. The van der Waals surface area contributed by atoms with Gasteiger partial charge in [0.05, 0.1) is 18.8 Å². The number of halogens is 1. The molecule has 0 amide bonds. The van der Waals surface area contributed by atoms with Gasteiger partial charge in [-0.2, -0.15) is 0 Å². The molecule has 154 valence electrons. The van der Waals surface area contributed by atoms with Crippen molar-refractivity contribution in [2.45, 2.75) is 26.9 Å². The fourth-order valence-electron chi connectivity index (χ4n) is 2.74. The maximum absolute atomic E-state index is 5.66. The van der Waals surface area contributed by atoms with E-state index in [1.807, 2.05) is 55.5 Å².